The predicted molar refractivity (Wildman–Crippen MR) is 109 cm³/mol. The van der Waals surface area contributed by atoms with Gasteiger partial charge in [0.25, 0.3) is 5.69 Å². The number of likely N-dealkylation sites (tertiary alicyclic amines) is 1. The highest BCUT2D eigenvalue weighted by molar-refractivity contribution is 7.89. The quantitative estimate of drug-likeness (QED) is 0.509. The molecule has 2 saturated heterocycles. The second-order valence-corrected chi connectivity index (χ2v) is 10.9. The van der Waals surface area contributed by atoms with Gasteiger partial charge in [-0.25, -0.2) is 8.42 Å². The Bertz CT molecular complexity index is 841. The Balaban J connectivity index is 1.86. The molecule has 2 unspecified atom stereocenters. The number of hydrogen-bond donors (Lipinski definition) is 0. The van der Waals surface area contributed by atoms with Gasteiger partial charge in [0.1, 0.15) is 5.02 Å². The maximum Gasteiger partial charge on any atom is 0.289 e. The van der Waals surface area contributed by atoms with Gasteiger partial charge >= 0.3 is 0 Å². The van der Waals surface area contributed by atoms with Gasteiger partial charge in [-0.15, -0.1) is 0 Å². The summed E-state index contributed by atoms with van der Waals surface area (Å²) in [4.78, 5) is 12.9. The zero-order valence-electron chi connectivity index (χ0n) is 16.6. The monoisotopic (exact) mass is 429 g/mol. The van der Waals surface area contributed by atoms with Crippen molar-refractivity contribution in [3.8, 4) is 0 Å². The van der Waals surface area contributed by atoms with Crippen molar-refractivity contribution in [1.82, 2.24) is 9.21 Å². The van der Waals surface area contributed by atoms with Gasteiger partial charge in [0.05, 0.1) is 9.82 Å². The van der Waals surface area contributed by atoms with E-state index in [9.17, 15) is 18.5 Å². The summed E-state index contributed by atoms with van der Waals surface area (Å²) in [5, 5.41) is 11.1. The Morgan fingerprint density at radius 3 is 2.36 bits per heavy atom. The lowest BCUT2D eigenvalue weighted by Crippen LogP contribution is -2.62. The summed E-state index contributed by atoms with van der Waals surface area (Å²) in [6, 6.07) is 3.71. The summed E-state index contributed by atoms with van der Waals surface area (Å²) in [5.74, 6) is 0.461. The van der Waals surface area contributed by atoms with Gasteiger partial charge in [0.15, 0.2) is 0 Å². The van der Waals surface area contributed by atoms with Crippen molar-refractivity contribution in [3.63, 3.8) is 0 Å². The van der Waals surface area contributed by atoms with Crippen molar-refractivity contribution in [1.29, 1.82) is 0 Å². The van der Waals surface area contributed by atoms with Crippen molar-refractivity contribution in [2.45, 2.75) is 38.5 Å². The highest BCUT2D eigenvalue weighted by Crippen LogP contribution is 2.45. The molecule has 9 heteroatoms. The average molecular weight is 430 g/mol. The second kappa shape index (κ2) is 7.89. The molecule has 1 aromatic carbocycles. The topological polar surface area (TPSA) is 83.8 Å². The van der Waals surface area contributed by atoms with Crippen molar-refractivity contribution in [2.75, 3.05) is 32.7 Å². The van der Waals surface area contributed by atoms with Gasteiger partial charge in [-0.05, 0) is 42.3 Å². The lowest BCUT2D eigenvalue weighted by molar-refractivity contribution is -0.384. The van der Waals surface area contributed by atoms with Crippen LogP contribution in [0.3, 0.4) is 0 Å². The van der Waals surface area contributed by atoms with E-state index < -0.39 is 14.9 Å². The third-order valence-corrected chi connectivity index (χ3v) is 8.64. The van der Waals surface area contributed by atoms with Crippen LogP contribution >= 0.6 is 11.6 Å². The smallest absolute Gasteiger partial charge is 0.289 e. The Labute approximate surface area is 171 Å². The molecule has 7 nitrogen and oxygen atoms in total. The van der Waals surface area contributed by atoms with E-state index in [0.29, 0.717) is 13.1 Å². The first-order chi connectivity index (χ1) is 13.1. The van der Waals surface area contributed by atoms with Gasteiger partial charge < -0.3 is 4.90 Å². The Hall–Kier alpha value is -1.22. The maximum absolute atomic E-state index is 13.2. The van der Waals surface area contributed by atoms with Crippen LogP contribution in [0.4, 0.5) is 5.69 Å². The number of benzene rings is 1. The van der Waals surface area contributed by atoms with Gasteiger partial charge in [0, 0.05) is 32.2 Å². The van der Waals surface area contributed by atoms with Crippen LogP contribution in [0.15, 0.2) is 23.1 Å². The number of unbranched alkanes of at least 4 members (excludes halogenated alkanes) is 1. The van der Waals surface area contributed by atoms with Crippen LogP contribution in [0.5, 0.6) is 0 Å². The van der Waals surface area contributed by atoms with Crippen LogP contribution in [0.25, 0.3) is 0 Å². The molecule has 0 saturated carbocycles. The minimum Gasteiger partial charge on any atom is -0.303 e. The Kier molecular flexibility index (Phi) is 6.06. The molecule has 2 bridgehead atoms. The third-order valence-electron chi connectivity index (χ3n) is 6.49. The largest absolute Gasteiger partial charge is 0.303 e. The zero-order chi connectivity index (χ0) is 20.7. The van der Waals surface area contributed by atoms with Crippen LogP contribution in [0.2, 0.25) is 5.02 Å². The maximum atomic E-state index is 13.2. The van der Waals surface area contributed by atoms with Crippen molar-refractivity contribution in [2.24, 2.45) is 17.3 Å². The number of nitro benzene ring substituents is 1. The van der Waals surface area contributed by atoms with Crippen LogP contribution in [0.1, 0.15) is 33.6 Å². The van der Waals surface area contributed by atoms with E-state index in [1.165, 1.54) is 16.4 Å². The lowest BCUT2D eigenvalue weighted by Gasteiger charge is -2.55. The number of nitrogens with zero attached hydrogens (tertiary/aromatic N) is 3. The molecule has 2 aliphatic heterocycles. The molecule has 0 radical (unpaired) electrons. The number of rotatable bonds is 6. The summed E-state index contributed by atoms with van der Waals surface area (Å²) >= 11 is 5.84. The molecule has 2 aliphatic rings. The normalized spacial score (nSPS) is 25.6. The Morgan fingerprint density at radius 1 is 1.21 bits per heavy atom. The molecule has 1 aromatic rings. The first-order valence-electron chi connectivity index (χ1n) is 9.73. The predicted octanol–water partition coefficient (Wildman–Crippen LogP) is 3.63. The molecular formula is C19H28ClN3O4S. The minimum absolute atomic E-state index is 0.0628. The summed E-state index contributed by atoms with van der Waals surface area (Å²) < 4.78 is 27.9. The summed E-state index contributed by atoms with van der Waals surface area (Å²) in [6.07, 6.45) is 2.29. The van der Waals surface area contributed by atoms with E-state index >= 15 is 0 Å². The molecule has 0 spiro atoms. The van der Waals surface area contributed by atoms with Gasteiger partial charge in [0.2, 0.25) is 10.0 Å². The molecule has 3 rings (SSSR count). The molecule has 2 atom stereocenters. The standard InChI is InChI=1S/C19H28ClN3O4S/c1-4-5-8-21-10-14-12-22(13-15(11-21)19(14,2)3)28(26,27)16-6-7-17(20)18(9-16)23(24)25/h6-7,9,14-15H,4-5,8,10-13H2,1-3H3. The van der Waals surface area contributed by atoms with E-state index in [-0.39, 0.29) is 32.9 Å². The molecule has 0 aromatic heterocycles. The molecule has 0 aliphatic carbocycles. The molecule has 28 heavy (non-hydrogen) atoms. The second-order valence-electron chi connectivity index (χ2n) is 8.52. The fourth-order valence-corrected chi connectivity index (χ4v) is 6.09. The summed E-state index contributed by atoms with van der Waals surface area (Å²) in [6.45, 7) is 10.3. The van der Waals surface area contributed by atoms with E-state index in [1.54, 1.807) is 0 Å². The van der Waals surface area contributed by atoms with Crippen LogP contribution in [-0.4, -0.2) is 55.3 Å². The van der Waals surface area contributed by atoms with E-state index in [0.717, 1.165) is 38.5 Å². The van der Waals surface area contributed by atoms with E-state index in [1.807, 2.05) is 0 Å². The summed E-state index contributed by atoms with van der Waals surface area (Å²) in [5.41, 5.74) is -0.313. The SMILES string of the molecule is CCCCN1CC2CN(S(=O)(=O)c3ccc(Cl)c([N+](=O)[O-])c3)CC(C1)C2(C)C. The lowest BCUT2D eigenvalue weighted by atomic mass is 9.64. The van der Waals surface area contributed by atoms with Crippen molar-refractivity contribution >= 4 is 27.3 Å². The minimum atomic E-state index is -3.81. The molecule has 0 amide bonds. The molecular weight excluding hydrogens is 402 g/mol. The molecule has 2 fully saturated rings. The number of fused-ring (bicyclic) bond motifs is 2. The van der Waals surface area contributed by atoms with Gasteiger partial charge in [-0.1, -0.05) is 38.8 Å². The molecule has 2 heterocycles. The van der Waals surface area contributed by atoms with E-state index in [2.05, 4.69) is 25.7 Å². The van der Waals surface area contributed by atoms with Crippen LogP contribution < -0.4 is 0 Å². The average Bonchev–Trinajstić information content (AvgIpc) is 2.59. The first kappa shape index (κ1) is 21.5. The Morgan fingerprint density at radius 2 is 1.82 bits per heavy atom. The number of nitro groups is 1. The fraction of sp³-hybridized carbons (Fsp3) is 0.684. The van der Waals surface area contributed by atoms with Gasteiger partial charge in [-0.2, -0.15) is 4.31 Å². The fourth-order valence-electron chi connectivity index (χ4n) is 4.36. The van der Waals surface area contributed by atoms with Crippen LogP contribution in [-0.2, 0) is 10.0 Å². The molecule has 156 valence electrons. The summed E-state index contributed by atoms with van der Waals surface area (Å²) in [7, 11) is -3.81. The third kappa shape index (κ3) is 3.92. The highest BCUT2D eigenvalue weighted by atomic mass is 35.5. The molecule has 0 N–H and O–H groups in total. The highest BCUT2D eigenvalue weighted by Gasteiger charge is 2.50. The van der Waals surface area contributed by atoms with Crippen LogP contribution in [0, 0.1) is 27.4 Å². The number of piperidine rings is 2. The van der Waals surface area contributed by atoms with Crippen molar-refractivity contribution < 1.29 is 13.3 Å². The zero-order valence-corrected chi connectivity index (χ0v) is 18.2. The van der Waals surface area contributed by atoms with E-state index in [4.69, 9.17) is 11.6 Å². The first-order valence-corrected chi connectivity index (χ1v) is 11.6. The van der Waals surface area contributed by atoms with Crippen molar-refractivity contribution in [3.05, 3.63) is 33.3 Å². The number of halogens is 1. The number of hydrogen-bond acceptors (Lipinski definition) is 5. The van der Waals surface area contributed by atoms with Gasteiger partial charge in [-0.3, -0.25) is 10.1 Å². The number of sulfonamides is 1.